The van der Waals surface area contributed by atoms with Gasteiger partial charge in [-0.15, -0.1) is 11.3 Å². The van der Waals surface area contributed by atoms with Gasteiger partial charge in [-0.3, -0.25) is 10.1 Å². The van der Waals surface area contributed by atoms with Gasteiger partial charge in [-0.2, -0.15) is 0 Å². The van der Waals surface area contributed by atoms with E-state index in [0.717, 1.165) is 4.88 Å². The molecular weight excluding hydrogens is 290 g/mol. The molecule has 0 radical (unpaired) electrons. The van der Waals surface area contributed by atoms with Gasteiger partial charge in [0.05, 0.1) is 12.7 Å². The zero-order valence-corrected chi connectivity index (χ0v) is 13.2. The first kappa shape index (κ1) is 15.2. The lowest BCUT2D eigenvalue weighted by Gasteiger charge is -2.02. The SMILES string of the molecule is CCc1[nH]c(C(=O)Nc2ncc(C)s2)c(C)c1C(=O)OC. The third-order valence-corrected chi connectivity index (χ3v) is 3.97. The lowest BCUT2D eigenvalue weighted by atomic mass is 10.1. The zero-order valence-electron chi connectivity index (χ0n) is 12.4. The molecular formula is C14H17N3O3S. The predicted octanol–water partition coefficient (Wildman–Crippen LogP) is 2.69. The number of aromatic nitrogens is 2. The van der Waals surface area contributed by atoms with Crippen molar-refractivity contribution in [3.05, 3.63) is 33.6 Å². The van der Waals surface area contributed by atoms with Gasteiger partial charge in [0.1, 0.15) is 5.69 Å². The van der Waals surface area contributed by atoms with Crippen LogP contribution in [0.2, 0.25) is 0 Å². The van der Waals surface area contributed by atoms with Crippen LogP contribution in [0.15, 0.2) is 6.20 Å². The number of thiazole rings is 1. The summed E-state index contributed by atoms with van der Waals surface area (Å²) in [7, 11) is 1.33. The topological polar surface area (TPSA) is 84.1 Å². The molecule has 0 aliphatic rings. The summed E-state index contributed by atoms with van der Waals surface area (Å²) >= 11 is 1.40. The molecule has 0 atom stereocenters. The first-order valence-corrected chi connectivity index (χ1v) is 7.33. The average Bonchev–Trinajstić information content (AvgIpc) is 3.01. The van der Waals surface area contributed by atoms with E-state index >= 15 is 0 Å². The molecule has 0 aliphatic carbocycles. The number of aryl methyl sites for hydroxylation is 2. The summed E-state index contributed by atoms with van der Waals surface area (Å²) in [5, 5.41) is 3.26. The van der Waals surface area contributed by atoms with Crippen molar-refractivity contribution in [3.63, 3.8) is 0 Å². The number of aromatic amines is 1. The lowest BCUT2D eigenvalue weighted by molar-refractivity contribution is 0.0599. The summed E-state index contributed by atoms with van der Waals surface area (Å²) in [4.78, 5) is 32.2. The molecule has 0 saturated heterocycles. The Kier molecular flexibility index (Phi) is 4.42. The number of rotatable bonds is 4. The average molecular weight is 307 g/mol. The van der Waals surface area contributed by atoms with E-state index in [4.69, 9.17) is 4.74 Å². The van der Waals surface area contributed by atoms with Gasteiger partial charge in [0, 0.05) is 16.8 Å². The second-order valence-corrected chi connectivity index (χ2v) is 5.79. The van der Waals surface area contributed by atoms with Crippen LogP contribution in [-0.2, 0) is 11.2 Å². The van der Waals surface area contributed by atoms with Crippen LogP contribution in [0.1, 0.15) is 43.9 Å². The number of hydrogen-bond acceptors (Lipinski definition) is 5. The summed E-state index contributed by atoms with van der Waals surface area (Å²) in [6.07, 6.45) is 2.30. The number of amides is 1. The molecule has 0 spiro atoms. The van der Waals surface area contributed by atoms with E-state index in [2.05, 4.69) is 15.3 Å². The van der Waals surface area contributed by atoms with E-state index in [-0.39, 0.29) is 5.91 Å². The molecule has 2 N–H and O–H groups in total. The van der Waals surface area contributed by atoms with Crippen molar-refractivity contribution in [2.75, 3.05) is 12.4 Å². The summed E-state index contributed by atoms with van der Waals surface area (Å²) < 4.78 is 4.77. The van der Waals surface area contributed by atoms with Crippen molar-refractivity contribution in [1.29, 1.82) is 0 Å². The Balaban J connectivity index is 2.33. The van der Waals surface area contributed by atoms with Crippen LogP contribution < -0.4 is 5.32 Å². The van der Waals surface area contributed by atoms with Crippen molar-refractivity contribution in [2.45, 2.75) is 27.2 Å². The maximum absolute atomic E-state index is 12.3. The number of nitrogens with zero attached hydrogens (tertiary/aromatic N) is 1. The number of carbonyl (C=O) groups excluding carboxylic acids is 2. The second-order valence-electron chi connectivity index (χ2n) is 4.55. The van der Waals surface area contributed by atoms with Gasteiger partial charge in [-0.25, -0.2) is 9.78 Å². The van der Waals surface area contributed by atoms with Gasteiger partial charge < -0.3 is 9.72 Å². The molecule has 1 amide bonds. The van der Waals surface area contributed by atoms with Crippen molar-refractivity contribution in [1.82, 2.24) is 9.97 Å². The number of hydrogen-bond donors (Lipinski definition) is 2. The summed E-state index contributed by atoms with van der Waals surface area (Å²) in [6, 6.07) is 0. The highest BCUT2D eigenvalue weighted by atomic mass is 32.1. The van der Waals surface area contributed by atoms with Crippen LogP contribution in [0.25, 0.3) is 0 Å². The van der Waals surface area contributed by atoms with Crippen molar-refractivity contribution in [2.24, 2.45) is 0 Å². The van der Waals surface area contributed by atoms with Gasteiger partial charge in [-0.05, 0) is 25.8 Å². The Morgan fingerprint density at radius 2 is 2.14 bits per heavy atom. The molecule has 0 aromatic carbocycles. The van der Waals surface area contributed by atoms with E-state index in [1.54, 1.807) is 13.1 Å². The molecule has 0 saturated carbocycles. The Morgan fingerprint density at radius 3 is 2.67 bits per heavy atom. The van der Waals surface area contributed by atoms with E-state index in [9.17, 15) is 9.59 Å². The van der Waals surface area contributed by atoms with Crippen LogP contribution in [0, 0.1) is 13.8 Å². The number of methoxy groups -OCH3 is 1. The van der Waals surface area contributed by atoms with Crippen molar-refractivity contribution in [3.8, 4) is 0 Å². The molecule has 2 aromatic heterocycles. The molecule has 0 aliphatic heterocycles. The van der Waals surface area contributed by atoms with Gasteiger partial charge in [-0.1, -0.05) is 6.92 Å². The zero-order chi connectivity index (χ0) is 15.6. The smallest absolute Gasteiger partial charge is 0.339 e. The molecule has 112 valence electrons. The largest absolute Gasteiger partial charge is 0.465 e. The summed E-state index contributed by atoms with van der Waals surface area (Å²) in [5.74, 6) is -0.753. The summed E-state index contributed by atoms with van der Waals surface area (Å²) in [6.45, 7) is 5.55. The summed E-state index contributed by atoms with van der Waals surface area (Å²) in [5.41, 5.74) is 2.07. The van der Waals surface area contributed by atoms with Crippen LogP contribution in [0.4, 0.5) is 5.13 Å². The minimum absolute atomic E-state index is 0.313. The van der Waals surface area contributed by atoms with Crippen LogP contribution in [0.3, 0.4) is 0 Å². The van der Waals surface area contributed by atoms with Crippen LogP contribution in [-0.4, -0.2) is 29.0 Å². The monoisotopic (exact) mass is 307 g/mol. The normalized spacial score (nSPS) is 10.5. The Bertz CT molecular complexity index is 688. The molecule has 21 heavy (non-hydrogen) atoms. The van der Waals surface area contributed by atoms with Crippen molar-refractivity contribution >= 4 is 28.3 Å². The maximum atomic E-state index is 12.3. The number of H-pyrrole nitrogens is 1. The Labute approximate surface area is 126 Å². The van der Waals surface area contributed by atoms with E-state index in [0.29, 0.717) is 34.1 Å². The predicted molar refractivity (Wildman–Crippen MR) is 81.1 cm³/mol. The Hall–Kier alpha value is -2.15. The number of carbonyl (C=O) groups is 2. The van der Waals surface area contributed by atoms with E-state index < -0.39 is 5.97 Å². The molecule has 7 heteroatoms. The molecule has 2 aromatic rings. The third-order valence-electron chi connectivity index (χ3n) is 3.14. The highest BCUT2D eigenvalue weighted by molar-refractivity contribution is 7.15. The number of nitrogens with one attached hydrogen (secondary N) is 2. The van der Waals surface area contributed by atoms with Crippen LogP contribution >= 0.6 is 11.3 Å². The fourth-order valence-electron chi connectivity index (χ4n) is 2.10. The highest BCUT2D eigenvalue weighted by Gasteiger charge is 2.23. The number of esters is 1. The number of ether oxygens (including phenoxy) is 1. The van der Waals surface area contributed by atoms with Crippen molar-refractivity contribution < 1.29 is 14.3 Å². The molecule has 2 heterocycles. The van der Waals surface area contributed by atoms with Gasteiger partial charge >= 0.3 is 5.97 Å². The first-order chi connectivity index (χ1) is 9.97. The maximum Gasteiger partial charge on any atom is 0.339 e. The van der Waals surface area contributed by atoms with Crippen LogP contribution in [0.5, 0.6) is 0 Å². The molecule has 2 rings (SSSR count). The minimum Gasteiger partial charge on any atom is -0.465 e. The third kappa shape index (κ3) is 2.97. The second kappa shape index (κ2) is 6.09. The quantitative estimate of drug-likeness (QED) is 0.851. The number of anilines is 1. The molecule has 0 bridgehead atoms. The lowest BCUT2D eigenvalue weighted by Crippen LogP contribution is -2.13. The fraction of sp³-hybridized carbons (Fsp3) is 0.357. The van der Waals surface area contributed by atoms with Gasteiger partial charge in [0.15, 0.2) is 5.13 Å². The minimum atomic E-state index is -0.440. The first-order valence-electron chi connectivity index (χ1n) is 6.51. The fourth-order valence-corrected chi connectivity index (χ4v) is 2.76. The standard InChI is InChI=1S/C14H17N3O3S/c1-5-9-10(13(19)20-4)8(3)11(16-9)12(18)17-14-15-6-7(2)21-14/h6,16H,5H2,1-4H3,(H,15,17,18). The molecule has 6 nitrogen and oxygen atoms in total. The highest BCUT2D eigenvalue weighted by Crippen LogP contribution is 2.22. The van der Waals surface area contributed by atoms with Gasteiger partial charge in [0.25, 0.3) is 5.91 Å². The molecule has 0 fully saturated rings. The molecule has 0 unspecified atom stereocenters. The van der Waals surface area contributed by atoms with E-state index in [1.807, 2.05) is 13.8 Å². The Morgan fingerprint density at radius 1 is 1.43 bits per heavy atom. The van der Waals surface area contributed by atoms with E-state index in [1.165, 1.54) is 18.4 Å². The van der Waals surface area contributed by atoms with Gasteiger partial charge in [0.2, 0.25) is 0 Å².